The minimum atomic E-state index is -0.695. The zero-order chi connectivity index (χ0) is 22.1. The highest BCUT2D eigenvalue weighted by Crippen LogP contribution is 2.19. The van der Waals surface area contributed by atoms with Gasteiger partial charge in [-0.05, 0) is 44.0 Å². The molecular weight excluding hydrogens is 467 g/mol. The van der Waals surface area contributed by atoms with Crippen molar-refractivity contribution in [2.45, 2.75) is 51.6 Å². The Bertz CT molecular complexity index is 847. The Morgan fingerprint density at radius 3 is 2.43 bits per heavy atom. The standard InChI is InChI=1S/C23H28BrFN2O2S/c1-4-16(2)26-23(29)17(3)27(13-19-7-5-6-8-21(19)25)22(28)15-30-14-18-9-11-20(24)12-10-18/h5-12,16-17H,4,13-15H2,1-3H3,(H,26,29)/t16-,17-/m1/s1. The number of nitrogens with one attached hydrogen (secondary N) is 1. The third kappa shape index (κ3) is 7.43. The van der Waals surface area contributed by atoms with Crippen molar-refractivity contribution in [2.24, 2.45) is 0 Å². The van der Waals surface area contributed by atoms with Crippen molar-refractivity contribution in [3.8, 4) is 0 Å². The molecule has 7 heteroatoms. The maximum atomic E-state index is 14.2. The van der Waals surface area contributed by atoms with Crippen LogP contribution in [0.2, 0.25) is 0 Å². The summed E-state index contributed by atoms with van der Waals surface area (Å²) in [4.78, 5) is 27.1. The van der Waals surface area contributed by atoms with Crippen LogP contribution >= 0.6 is 27.7 Å². The molecule has 4 nitrogen and oxygen atoms in total. The highest BCUT2D eigenvalue weighted by Gasteiger charge is 2.27. The van der Waals surface area contributed by atoms with Crippen LogP contribution in [0, 0.1) is 5.82 Å². The number of hydrogen-bond acceptors (Lipinski definition) is 3. The van der Waals surface area contributed by atoms with Gasteiger partial charge in [0.05, 0.1) is 5.75 Å². The Morgan fingerprint density at radius 2 is 1.80 bits per heavy atom. The van der Waals surface area contributed by atoms with E-state index in [1.807, 2.05) is 38.1 Å². The van der Waals surface area contributed by atoms with Gasteiger partial charge in [-0.1, -0.05) is 53.2 Å². The second kappa shape index (κ2) is 12.1. The number of carbonyl (C=O) groups excluding carboxylic acids is 2. The Hall–Kier alpha value is -1.86. The number of benzene rings is 2. The van der Waals surface area contributed by atoms with Gasteiger partial charge in [0.1, 0.15) is 11.9 Å². The van der Waals surface area contributed by atoms with Gasteiger partial charge in [-0.2, -0.15) is 0 Å². The molecule has 0 fully saturated rings. The molecule has 2 aromatic carbocycles. The number of nitrogens with zero attached hydrogens (tertiary/aromatic N) is 1. The second-order valence-electron chi connectivity index (χ2n) is 7.23. The molecule has 0 bridgehead atoms. The van der Waals surface area contributed by atoms with E-state index in [1.165, 1.54) is 22.7 Å². The molecule has 2 amide bonds. The largest absolute Gasteiger partial charge is 0.352 e. The number of hydrogen-bond donors (Lipinski definition) is 1. The molecule has 0 aliphatic carbocycles. The van der Waals surface area contributed by atoms with Crippen LogP contribution in [0.15, 0.2) is 53.0 Å². The van der Waals surface area contributed by atoms with E-state index in [4.69, 9.17) is 0 Å². The monoisotopic (exact) mass is 494 g/mol. The Labute approximate surface area is 190 Å². The predicted molar refractivity (Wildman–Crippen MR) is 125 cm³/mol. The topological polar surface area (TPSA) is 49.4 Å². The molecule has 0 aliphatic rings. The minimum absolute atomic E-state index is 0.0112. The fourth-order valence-electron chi connectivity index (χ4n) is 2.78. The Balaban J connectivity index is 2.08. The molecule has 2 rings (SSSR count). The highest BCUT2D eigenvalue weighted by atomic mass is 79.9. The van der Waals surface area contributed by atoms with Crippen molar-refractivity contribution in [1.29, 1.82) is 0 Å². The molecule has 2 atom stereocenters. The van der Waals surface area contributed by atoms with Gasteiger partial charge in [-0.3, -0.25) is 9.59 Å². The molecule has 30 heavy (non-hydrogen) atoms. The summed E-state index contributed by atoms with van der Waals surface area (Å²) in [6, 6.07) is 13.6. The van der Waals surface area contributed by atoms with Crippen molar-refractivity contribution in [3.63, 3.8) is 0 Å². The number of rotatable bonds is 10. The summed E-state index contributed by atoms with van der Waals surface area (Å²) < 4.78 is 15.2. The molecule has 0 aliphatic heterocycles. The quantitative estimate of drug-likeness (QED) is 0.496. The zero-order valence-corrected chi connectivity index (χ0v) is 19.9. The van der Waals surface area contributed by atoms with E-state index >= 15 is 0 Å². The van der Waals surface area contributed by atoms with Gasteiger partial charge in [-0.15, -0.1) is 11.8 Å². The van der Waals surface area contributed by atoms with Crippen LogP contribution in [0.4, 0.5) is 4.39 Å². The highest BCUT2D eigenvalue weighted by molar-refractivity contribution is 9.10. The summed E-state index contributed by atoms with van der Waals surface area (Å²) in [5.41, 5.74) is 1.51. The molecule has 0 heterocycles. The SMILES string of the molecule is CC[C@@H](C)NC(=O)[C@@H](C)N(Cc1ccccc1F)C(=O)CSCc1ccc(Br)cc1. The number of carbonyl (C=O) groups is 2. The van der Waals surface area contributed by atoms with E-state index in [9.17, 15) is 14.0 Å². The predicted octanol–water partition coefficient (Wildman–Crippen LogP) is 5.15. The maximum absolute atomic E-state index is 14.2. The number of thioether (sulfide) groups is 1. The van der Waals surface area contributed by atoms with Gasteiger partial charge >= 0.3 is 0 Å². The normalized spacial score (nSPS) is 12.8. The molecule has 2 aromatic rings. The first-order valence-corrected chi connectivity index (χ1v) is 11.9. The summed E-state index contributed by atoms with van der Waals surface area (Å²) in [7, 11) is 0. The van der Waals surface area contributed by atoms with Gasteiger partial charge in [0.25, 0.3) is 0 Å². The Kier molecular flexibility index (Phi) is 9.85. The lowest BCUT2D eigenvalue weighted by Crippen LogP contribution is -2.50. The molecule has 0 unspecified atom stereocenters. The van der Waals surface area contributed by atoms with Crippen LogP contribution in [0.5, 0.6) is 0 Å². The summed E-state index contributed by atoms with van der Waals surface area (Å²) >= 11 is 4.89. The van der Waals surface area contributed by atoms with Crippen molar-refractivity contribution in [2.75, 3.05) is 5.75 Å². The molecule has 0 aromatic heterocycles. The van der Waals surface area contributed by atoms with Gasteiger partial charge in [0.2, 0.25) is 11.8 Å². The van der Waals surface area contributed by atoms with Crippen LogP contribution in [0.3, 0.4) is 0 Å². The van der Waals surface area contributed by atoms with E-state index < -0.39 is 6.04 Å². The van der Waals surface area contributed by atoms with E-state index in [2.05, 4.69) is 21.2 Å². The third-order valence-electron chi connectivity index (χ3n) is 4.87. The first-order valence-electron chi connectivity index (χ1n) is 9.97. The number of amides is 2. The first kappa shape index (κ1) is 24.4. The van der Waals surface area contributed by atoms with Crippen LogP contribution in [-0.2, 0) is 21.9 Å². The second-order valence-corrected chi connectivity index (χ2v) is 9.13. The van der Waals surface area contributed by atoms with Crippen LogP contribution < -0.4 is 5.32 Å². The maximum Gasteiger partial charge on any atom is 0.242 e. The van der Waals surface area contributed by atoms with Gasteiger partial charge < -0.3 is 10.2 Å². The molecule has 162 valence electrons. The molecule has 0 saturated heterocycles. The number of halogens is 2. The van der Waals surface area contributed by atoms with Crippen LogP contribution in [-0.4, -0.2) is 34.6 Å². The lowest BCUT2D eigenvalue weighted by Gasteiger charge is -2.29. The summed E-state index contributed by atoms with van der Waals surface area (Å²) in [5, 5.41) is 2.91. The van der Waals surface area contributed by atoms with Crippen LogP contribution in [0.25, 0.3) is 0 Å². The van der Waals surface area contributed by atoms with Crippen molar-refractivity contribution >= 4 is 39.5 Å². The average Bonchev–Trinajstić information content (AvgIpc) is 2.73. The minimum Gasteiger partial charge on any atom is -0.352 e. The van der Waals surface area contributed by atoms with Crippen molar-refractivity contribution < 1.29 is 14.0 Å². The third-order valence-corrected chi connectivity index (χ3v) is 6.39. The van der Waals surface area contributed by atoms with E-state index in [0.717, 1.165) is 16.5 Å². The average molecular weight is 495 g/mol. The smallest absolute Gasteiger partial charge is 0.242 e. The van der Waals surface area contributed by atoms with Gasteiger partial charge in [0.15, 0.2) is 0 Å². The summed E-state index contributed by atoms with van der Waals surface area (Å²) in [6.07, 6.45) is 0.794. The van der Waals surface area contributed by atoms with Crippen molar-refractivity contribution in [3.05, 3.63) is 69.9 Å². The van der Waals surface area contributed by atoms with E-state index in [0.29, 0.717) is 11.3 Å². The van der Waals surface area contributed by atoms with Gasteiger partial charge in [-0.25, -0.2) is 4.39 Å². The molecule has 0 saturated carbocycles. The lowest BCUT2D eigenvalue weighted by atomic mass is 10.1. The first-order chi connectivity index (χ1) is 14.3. The van der Waals surface area contributed by atoms with E-state index in [1.54, 1.807) is 25.1 Å². The Morgan fingerprint density at radius 1 is 1.13 bits per heavy atom. The van der Waals surface area contributed by atoms with Gasteiger partial charge in [0, 0.05) is 28.4 Å². The molecule has 0 radical (unpaired) electrons. The fourth-order valence-corrected chi connectivity index (χ4v) is 3.91. The molecule has 1 N–H and O–H groups in total. The van der Waals surface area contributed by atoms with E-state index in [-0.39, 0.29) is 36.0 Å². The summed E-state index contributed by atoms with van der Waals surface area (Å²) in [6.45, 7) is 5.65. The zero-order valence-electron chi connectivity index (χ0n) is 17.5. The molecular formula is C23H28BrFN2O2S. The fraction of sp³-hybridized carbons (Fsp3) is 0.391. The summed E-state index contributed by atoms with van der Waals surface area (Å²) in [5.74, 6) is 0.0947. The van der Waals surface area contributed by atoms with Crippen LogP contribution in [0.1, 0.15) is 38.3 Å². The lowest BCUT2D eigenvalue weighted by molar-refractivity contribution is -0.139. The van der Waals surface area contributed by atoms with Crippen molar-refractivity contribution in [1.82, 2.24) is 10.2 Å². The molecule has 0 spiro atoms.